The Kier molecular flexibility index (Phi) is 5.48. The smallest absolute Gasteiger partial charge is 0.237 e. The van der Waals surface area contributed by atoms with E-state index in [1.165, 1.54) is 32.1 Å². The molecule has 0 aromatic rings. The van der Waals surface area contributed by atoms with Gasteiger partial charge in [-0.2, -0.15) is 0 Å². The van der Waals surface area contributed by atoms with E-state index < -0.39 is 0 Å². The fourth-order valence-electron chi connectivity index (χ4n) is 3.98. The number of rotatable bonds is 4. The van der Waals surface area contributed by atoms with Gasteiger partial charge < -0.3 is 10.6 Å². The lowest BCUT2D eigenvalue weighted by Gasteiger charge is -2.38. The average molecular weight is 280 g/mol. The molecule has 3 unspecified atom stereocenters. The van der Waals surface area contributed by atoms with E-state index in [4.69, 9.17) is 0 Å². The van der Waals surface area contributed by atoms with Crippen molar-refractivity contribution in [3.8, 4) is 0 Å². The second-order valence-corrected chi connectivity index (χ2v) is 7.70. The van der Waals surface area contributed by atoms with Crippen LogP contribution >= 0.6 is 0 Å². The molecule has 0 spiro atoms. The van der Waals surface area contributed by atoms with Crippen molar-refractivity contribution in [1.29, 1.82) is 0 Å². The summed E-state index contributed by atoms with van der Waals surface area (Å²) in [7, 11) is 0. The standard InChI is InChI=1S/C17H32N2O/c1-13-6-4-7-14(12-13)8-11-19-16(20)15-17(2,3)9-5-10-18-15/h13-15,18H,4-12H2,1-3H3,(H,19,20). The van der Waals surface area contributed by atoms with Crippen LogP contribution in [0.3, 0.4) is 0 Å². The van der Waals surface area contributed by atoms with E-state index in [9.17, 15) is 4.79 Å². The summed E-state index contributed by atoms with van der Waals surface area (Å²) in [5.41, 5.74) is 0.0850. The molecule has 20 heavy (non-hydrogen) atoms. The summed E-state index contributed by atoms with van der Waals surface area (Å²) < 4.78 is 0. The Balaban J connectivity index is 1.72. The first-order chi connectivity index (χ1) is 9.49. The molecule has 3 heteroatoms. The lowest BCUT2D eigenvalue weighted by molar-refractivity contribution is -0.126. The van der Waals surface area contributed by atoms with Gasteiger partial charge in [0, 0.05) is 6.54 Å². The number of amides is 1. The maximum absolute atomic E-state index is 12.3. The molecule has 0 bridgehead atoms. The molecule has 1 heterocycles. The Labute approximate surface area is 124 Å². The van der Waals surface area contributed by atoms with Gasteiger partial charge in [0.1, 0.15) is 0 Å². The van der Waals surface area contributed by atoms with Crippen molar-refractivity contribution in [2.45, 2.75) is 71.8 Å². The van der Waals surface area contributed by atoms with Gasteiger partial charge in [0.2, 0.25) is 5.91 Å². The molecule has 116 valence electrons. The minimum Gasteiger partial charge on any atom is -0.355 e. The van der Waals surface area contributed by atoms with Crippen LogP contribution < -0.4 is 10.6 Å². The van der Waals surface area contributed by atoms with Gasteiger partial charge >= 0.3 is 0 Å². The van der Waals surface area contributed by atoms with Gasteiger partial charge in [0.15, 0.2) is 0 Å². The maximum Gasteiger partial charge on any atom is 0.237 e. The number of hydrogen-bond acceptors (Lipinski definition) is 2. The molecule has 1 amide bonds. The number of nitrogens with one attached hydrogen (secondary N) is 2. The van der Waals surface area contributed by atoms with Crippen molar-refractivity contribution in [3.05, 3.63) is 0 Å². The normalized spacial score (nSPS) is 33.6. The van der Waals surface area contributed by atoms with E-state index >= 15 is 0 Å². The van der Waals surface area contributed by atoms with Gasteiger partial charge in [-0.05, 0) is 49.5 Å². The van der Waals surface area contributed by atoms with E-state index in [0.717, 1.165) is 37.8 Å². The minimum absolute atomic E-state index is 0.0125. The van der Waals surface area contributed by atoms with E-state index in [1.54, 1.807) is 0 Å². The van der Waals surface area contributed by atoms with Crippen LogP contribution in [0.15, 0.2) is 0 Å². The summed E-state index contributed by atoms with van der Waals surface area (Å²) in [5, 5.41) is 6.56. The zero-order chi connectivity index (χ0) is 14.6. The van der Waals surface area contributed by atoms with Crippen molar-refractivity contribution in [2.24, 2.45) is 17.3 Å². The maximum atomic E-state index is 12.3. The molecule has 1 saturated carbocycles. The van der Waals surface area contributed by atoms with Crippen LogP contribution in [0.25, 0.3) is 0 Å². The summed E-state index contributed by atoms with van der Waals surface area (Å²) >= 11 is 0. The number of carbonyl (C=O) groups excluding carboxylic acids is 1. The van der Waals surface area contributed by atoms with Gasteiger partial charge in [-0.25, -0.2) is 0 Å². The lowest BCUT2D eigenvalue weighted by Crippen LogP contribution is -2.55. The van der Waals surface area contributed by atoms with Gasteiger partial charge in [0.05, 0.1) is 6.04 Å². The highest BCUT2D eigenvalue weighted by Gasteiger charge is 2.36. The third-order valence-electron chi connectivity index (χ3n) is 5.29. The van der Waals surface area contributed by atoms with Crippen molar-refractivity contribution in [3.63, 3.8) is 0 Å². The second-order valence-electron chi connectivity index (χ2n) is 7.70. The van der Waals surface area contributed by atoms with Crippen molar-refractivity contribution < 1.29 is 4.79 Å². The molecule has 0 radical (unpaired) electrons. The summed E-state index contributed by atoms with van der Waals surface area (Å²) in [5.74, 6) is 1.91. The fourth-order valence-corrected chi connectivity index (χ4v) is 3.98. The molecule has 0 aromatic carbocycles. The first kappa shape index (κ1) is 15.8. The summed E-state index contributed by atoms with van der Waals surface area (Å²) in [4.78, 5) is 12.3. The Hall–Kier alpha value is -0.570. The highest BCUT2D eigenvalue weighted by Crippen LogP contribution is 2.31. The molecule has 2 aliphatic rings. The van der Waals surface area contributed by atoms with E-state index in [1.807, 2.05) is 0 Å². The Morgan fingerprint density at radius 3 is 2.80 bits per heavy atom. The van der Waals surface area contributed by atoms with Crippen molar-refractivity contribution >= 4 is 5.91 Å². The largest absolute Gasteiger partial charge is 0.355 e. The van der Waals surface area contributed by atoms with Crippen LogP contribution in [0.4, 0.5) is 0 Å². The Morgan fingerprint density at radius 2 is 2.10 bits per heavy atom. The number of carbonyl (C=O) groups is 1. The lowest BCUT2D eigenvalue weighted by atomic mass is 9.77. The monoisotopic (exact) mass is 280 g/mol. The average Bonchev–Trinajstić information content (AvgIpc) is 2.38. The molecule has 3 nitrogen and oxygen atoms in total. The fraction of sp³-hybridized carbons (Fsp3) is 0.941. The highest BCUT2D eigenvalue weighted by atomic mass is 16.2. The molecule has 3 atom stereocenters. The molecule has 1 aliphatic heterocycles. The van der Waals surface area contributed by atoms with Crippen LogP contribution in [-0.4, -0.2) is 25.0 Å². The summed E-state index contributed by atoms with van der Waals surface area (Å²) in [6.45, 7) is 8.59. The third kappa shape index (κ3) is 4.21. The topological polar surface area (TPSA) is 41.1 Å². The first-order valence-electron chi connectivity index (χ1n) is 8.50. The molecular weight excluding hydrogens is 248 g/mol. The highest BCUT2D eigenvalue weighted by molar-refractivity contribution is 5.82. The van der Waals surface area contributed by atoms with Gasteiger partial charge in [-0.3, -0.25) is 4.79 Å². The molecule has 2 fully saturated rings. The van der Waals surface area contributed by atoms with Gasteiger partial charge in [0.25, 0.3) is 0 Å². The quantitative estimate of drug-likeness (QED) is 0.831. The van der Waals surface area contributed by atoms with Gasteiger partial charge in [-0.15, -0.1) is 0 Å². The summed E-state index contributed by atoms with van der Waals surface area (Å²) in [6, 6.07) is -0.0125. The van der Waals surface area contributed by atoms with Crippen LogP contribution in [0, 0.1) is 17.3 Å². The Morgan fingerprint density at radius 1 is 1.30 bits per heavy atom. The Bertz CT molecular complexity index is 327. The van der Waals surface area contributed by atoms with E-state index in [-0.39, 0.29) is 17.4 Å². The van der Waals surface area contributed by atoms with E-state index in [2.05, 4.69) is 31.4 Å². The minimum atomic E-state index is -0.0125. The van der Waals surface area contributed by atoms with Crippen LogP contribution in [0.2, 0.25) is 0 Å². The first-order valence-corrected chi connectivity index (χ1v) is 8.50. The van der Waals surface area contributed by atoms with Crippen molar-refractivity contribution in [1.82, 2.24) is 10.6 Å². The molecular formula is C17H32N2O. The molecule has 2 rings (SSSR count). The zero-order valence-electron chi connectivity index (χ0n) is 13.5. The molecule has 1 saturated heterocycles. The zero-order valence-corrected chi connectivity index (χ0v) is 13.5. The predicted molar refractivity (Wildman–Crippen MR) is 83.6 cm³/mol. The van der Waals surface area contributed by atoms with Crippen LogP contribution in [0.1, 0.15) is 65.7 Å². The number of piperidine rings is 1. The molecule has 2 N–H and O–H groups in total. The van der Waals surface area contributed by atoms with Crippen LogP contribution in [-0.2, 0) is 4.79 Å². The van der Waals surface area contributed by atoms with Crippen LogP contribution in [0.5, 0.6) is 0 Å². The van der Waals surface area contributed by atoms with Gasteiger partial charge in [-0.1, -0.05) is 40.0 Å². The third-order valence-corrected chi connectivity index (χ3v) is 5.29. The second kappa shape index (κ2) is 6.93. The predicted octanol–water partition coefficient (Wildman–Crippen LogP) is 3.10. The molecule has 0 aromatic heterocycles. The molecule has 1 aliphatic carbocycles. The number of hydrogen-bond donors (Lipinski definition) is 2. The van der Waals surface area contributed by atoms with Crippen molar-refractivity contribution in [2.75, 3.05) is 13.1 Å². The van der Waals surface area contributed by atoms with E-state index in [0.29, 0.717) is 0 Å². The SMILES string of the molecule is CC1CCCC(CCNC(=O)C2NCCCC2(C)C)C1. The summed E-state index contributed by atoms with van der Waals surface area (Å²) in [6.07, 6.45) is 8.94.